The zero-order valence-corrected chi connectivity index (χ0v) is 14.5. The van der Waals surface area contributed by atoms with Crippen molar-refractivity contribution < 1.29 is 14.6 Å². The van der Waals surface area contributed by atoms with Gasteiger partial charge in [-0.15, -0.1) is 0 Å². The summed E-state index contributed by atoms with van der Waals surface area (Å²) in [6.45, 7) is 5.16. The summed E-state index contributed by atoms with van der Waals surface area (Å²) in [6, 6.07) is 2.16. The van der Waals surface area contributed by atoms with E-state index in [4.69, 9.17) is 9.47 Å². The van der Waals surface area contributed by atoms with Crippen LogP contribution in [0.1, 0.15) is 55.8 Å². The van der Waals surface area contributed by atoms with Crippen LogP contribution in [0.5, 0.6) is 0 Å². The molecule has 0 spiro atoms. The van der Waals surface area contributed by atoms with E-state index in [2.05, 4.69) is 24.9 Å². The van der Waals surface area contributed by atoms with E-state index < -0.39 is 0 Å². The van der Waals surface area contributed by atoms with Crippen molar-refractivity contribution in [3.05, 3.63) is 29.1 Å². The maximum absolute atomic E-state index is 9.67. The van der Waals surface area contributed by atoms with Crippen LogP contribution in [0.2, 0.25) is 0 Å². The minimum atomic E-state index is 0.179. The van der Waals surface area contributed by atoms with Crippen LogP contribution in [-0.2, 0) is 22.3 Å². The van der Waals surface area contributed by atoms with E-state index in [1.807, 2.05) is 6.20 Å². The summed E-state index contributed by atoms with van der Waals surface area (Å²) < 4.78 is 10.6. The molecule has 0 fully saturated rings. The number of nitrogens with zero attached hydrogens (tertiary/aromatic N) is 1. The number of pyridine rings is 1. The van der Waals surface area contributed by atoms with Gasteiger partial charge in [0, 0.05) is 51.7 Å². The Kier molecular flexibility index (Phi) is 9.28. The molecule has 4 heteroatoms. The van der Waals surface area contributed by atoms with Crippen molar-refractivity contribution in [2.75, 3.05) is 27.4 Å². The molecule has 0 bridgehead atoms. The van der Waals surface area contributed by atoms with Gasteiger partial charge in [0.15, 0.2) is 0 Å². The quantitative estimate of drug-likeness (QED) is 0.638. The topological polar surface area (TPSA) is 51.6 Å². The third kappa shape index (κ3) is 5.67. The molecule has 1 aromatic rings. The number of aromatic nitrogens is 1. The van der Waals surface area contributed by atoms with Crippen LogP contribution in [-0.4, -0.2) is 43.6 Å². The molecule has 2 unspecified atom stereocenters. The normalized spacial score (nSPS) is 14.0. The minimum Gasteiger partial charge on any atom is -0.396 e. The highest BCUT2D eigenvalue weighted by Crippen LogP contribution is 2.25. The fraction of sp³-hybridized carbons (Fsp3) is 0.722. The number of hydrogen-bond donors (Lipinski definition) is 1. The summed E-state index contributed by atoms with van der Waals surface area (Å²) in [5.74, 6) is 0.182. The summed E-state index contributed by atoms with van der Waals surface area (Å²) in [7, 11) is 3.47. The fourth-order valence-electron chi connectivity index (χ4n) is 2.73. The maximum Gasteiger partial charge on any atom is 0.0624 e. The van der Waals surface area contributed by atoms with Crippen molar-refractivity contribution in [1.82, 2.24) is 4.98 Å². The Labute approximate surface area is 134 Å². The molecule has 2 atom stereocenters. The van der Waals surface area contributed by atoms with Crippen LogP contribution in [0.15, 0.2) is 12.3 Å². The summed E-state index contributed by atoms with van der Waals surface area (Å²) >= 11 is 0. The molecule has 0 aromatic carbocycles. The van der Waals surface area contributed by atoms with Gasteiger partial charge in [0.2, 0.25) is 0 Å². The molecule has 1 aromatic heterocycles. The number of ether oxygens (including phenoxy) is 2. The molecule has 4 nitrogen and oxygen atoms in total. The highest BCUT2D eigenvalue weighted by Gasteiger charge is 2.16. The van der Waals surface area contributed by atoms with Gasteiger partial charge in [0.05, 0.1) is 6.10 Å². The number of aryl methyl sites for hydroxylation is 1. The molecule has 0 amide bonds. The Morgan fingerprint density at radius 1 is 1.23 bits per heavy atom. The molecule has 1 heterocycles. The van der Waals surface area contributed by atoms with E-state index in [1.165, 1.54) is 11.1 Å². The van der Waals surface area contributed by atoms with Gasteiger partial charge in [0.1, 0.15) is 0 Å². The molecule has 0 aliphatic carbocycles. The van der Waals surface area contributed by atoms with E-state index in [0.717, 1.165) is 44.4 Å². The maximum atomic E-state index is 9.67. The van der Waals surface area contributed by atoms with Gasteiger partial charge < -0.3 is 14.6 Å². The molecule has 126 valence electrons. The number of aliphatic hydroxyl groups excluding tert-OH is 1. The second kappa shape index (κ2) is 10.7. The lowest BCUT2D eigenvalue weighted by Crippen LogP contribution is -2.15. The largest absolute Gasteiger partial charge is 0.396 e. The van der Waals surface area contributed by atoms with Crippen LogP contribution in [0.25, 0.3) is 0 Å². The van der Waals surface area contributed by atoms with E-state index in [1.54, 1.807) is 14.2 Å². The SMILES string of the molecule is CCC(Cc1cc(C(CC)CO)c(CCCOC)cn1)OC. The van der Waals surface area contributed by atoms with Crippen LogP contribution < -0.4 is 0 Å². The standard InChI is InChI=1S/C18H31NO3/c1-5-14(13-20)18-11-16(10-17(6-2)22-4)19-12-15(18)8-7-9-21-3/h11-12,14,17,20H,5-10,13H2,1-4H3. The molecule has 22 heavy (non-hydrogen) atoms. The lowest BCUT2D eigenvalue weighted by molar-refractivity contribution is 0.0989. The molecule has 0 aliphatic heterocycles. The van der Waals surface area contributed by atoms with E-state index in [0.29, 0.717) is 0 Å². The highest BCUT2D eigenvalue weighted by atomic mass is 16.5. The Bertz CT molecular complexity index is 415. The predicted octanol–water partition coefficient (Wildman–Crippen LogP) is 3.11. The van der Waals surface area contributed by atoms with Gasteiger partial charge in [-0.2, -0.15) is 0 Å². The van der Waals surface area contributed by atoms with Crippen LogP contribution in [0, 0.1) is 0 Å². The minimum absolute atomic E-state index is 0.179. The highest BCUT2D eigenvalue weighted by molar-refractivity contribution is 5.31. The van der Waals surface area contributed by atoms with E-state index in [-0.39, 0.29) is 18.6 Å². The third-order valence-electron chi connectivity index (χ3n) is 4.25. The van der Waals surface area contributed by atoms with E-state index in [9.17, 15) is 5.11 Å². The smallest absolute Gasteiger partial charge is 0.0624 e. The molecule has 0 saturated carbocycles. The molecular formula is C18H31NO3. The average molecular weight is 309 g/mol. The predicted molar refractivity (Wildman–Crippen MR) is 89.3 cm³/mol. The average Bonchev–Trinajstić information content (AvgIpc) is 2.55. The third-order valence-corrected chi connectivity index (χ3v) is 4.25. The molecule has 0 aliphatic rings. The number of rotatable bonds is 11. The van der Waals surface area contributed by atoms with Gasteiger partial charge in [-0.25, -0.2) is 0 Å². The van der Waals surface area contributed by atoms with Crippen molar-refractivity contribution in [1.29, 1.82) is 0 Å². The summed E-state index contributed by atoms with van der Waals surface area (Å²) in [4.78, 5) is 4.60. The van der Waals surface area contributed by atoms with Crippen LogP contribution in [0.4, 0.5) is 0 Å². The van der Waals surface area contributed by atoms with Gasteiger partial charge in [-0.1, -0.05) is 13.8 Å². The summed E-state index contributed by atoms with van der Waals surface area (Å²) in [5, 5.41) is 9.67. The number of aliphatic hydroxyl groups is 1. The van der Waals surface area contributed by atoms with Gasteiger partial charge in [0.25, 0.3) is 0 Å². The fourth-order valence-corrected chi connectivity index (χ4v) is 2.73. The monoisotopic (exact) mass is 309 g/mol. The first-order valence-electron chi connectivity index (χ1n) is 8.30. The summed E-state index contributed by atoms with van der Waals surface area (Å²) in [5.41, 5.74) is 3.51. The van der Waals surface area contributed by atoms with Crippen molar-refractivity contribution in [3.63, 3.8) is 0 Å². The van der Waals surface area contributed by atoms with Crippen LogP contribution in [0.3, 0.4) is 0 Å². The van der Waals surface area contributed by atoms with Crippen molar-refractivity contribution >= 4 is 0 Å². The Morgan fingerprint density at radius 2 is 2.00 bits per heavy atom. The summed E-state index contributed by atoms with van der Waals surface area (Å²) in [6.07, 6.45) is 6.81. The lowest BCUT2D eigenvalue weighted by atomic mass is 9.91. The van der Waals surface area contributed by atoms with Gasteiger partial charge in [-0.05, 0) is 42.9 Å². The van der Waals surface area contributed by atoms with Crippen molar-refractivity contribution in [2.45, 2.75) is 58.0 Å². The number of methoxy groups -OCH3 is 2. The van der Waals surface area contributed by atoms with Crippen molar-refractivity contribution in [2.24, 2.45) is 0 Å². The molecule has 0 saturated heterocycles. The zero-order valence-electron chi connectivity index (χ0n) is 14.5. The first-order chi connectivity index (χ1) is 10.7. The molecule has 1 N–H and O–H groups in total. The second-order valence-corrected chi connectivity index (χ2v) is 5.73. The molecular weight excluding hydrogens is 278 g/mol. The zero-order chi connectivity index (χ0) is 16.4. The molecule has 1 rings (SSSR count). The lowest BCUT2D eigenvalue weighted by Gasteiger charge is -2.19. The Hall–Kier alpha value is -0.970. The second-order valence-electron chi connectivity index (χ2n) is 5.73. The Morgan fingerprint density at radius 3 is 2.55 bits per heavy atom. The van der Waals surface area contributed by atoms with Crippen molar-refractivity contribution in [3.8, 4) is 0 Å². The van der Waals surface area contributed by atoms with Crippen LogP contribution >= 0.6 is 0 Å². The first-order valence-corrected chi connectivity index (χ1v) is 8.30. The van der Waals surface area contributed by atoms with Gasteiger partial charge >= 0.3 is 0 Å². The van der Waals surface area contributed by atoms with Gasteiger partial charge in [-0.3, -0.25) is 4.98 Å². The van der Waals surface area contributed by atoms with E-state index >= 15 is 0 Å². The first kappa shape index (κ1) is 19.1. The molecule has 0 radical (unpaired) electrons. The Balaban J connectivity index is 2.97. The number of hydrogen-bond acceptors (Lipinski definition) is 4.